The molecule has 0 aliphatic rings. The normalized spacial score (nSPS) is 10.2. The minimum absolute atomic E-state index is 0.201. The molecular formula is C17H21N3O2. The maximum Gasteiger partial charge on any atom is 0.271 e. The predicted molar refractivity (Wildman–Crippen MR) is 84.9 cm³/mol. The fourth-order valence-corrected chi connectivity index (χ4v) is 1.91. The number of ether oxygens (including phenoxy) is 1. The molecule has 1 aromatic carbocycles. The van der Waals surface area contributed by atoms with Crippen molar-refractivity contribution in [1.29, 1.82) is 0 Å². The molecule has 0 saturated heterocycles. The molecule has 0 unspecified atom stereocenters. The highest BCUT2D eigenvalue weighted by atomic mass is 16.5. The summed E-state index contributed by atoms with van der Waals surface area (Å²) in [6.45, 7) is 3.46. The van der Waals surface area contributed by atoms with Gasteiger partial charge in [-0.1, -0.05) is 25.5 Å². The zero-order valence-corrected chi connectivity index (χ0v) is 12.8. The molecule has 1 heterocycles. The van der Waals surface area contributed by atoms with Gasteiger partial charge in [-0.25, -0.2) is 4.98 Å². The highest BCUT2D eigenvalue weighted by molar-refractivity contribution is 5.91. The number of unbranched alkanes of at least 4 members (excludes halogenated alkanes) is 1. The van der Waals surface area contributed by atoms with Crippen molar-refractivity contribution in [3.05, 3.63) is 54.1 Å². The van der Waals surface area contributed by atoms with E-state index in [1.165, 1.54) is 12.4 Å². The molecule has 0 radical (unpaired) electrons. The predicted octanol–water partition coefficient (Wildman–Crippen LogP) is 2.63. The lowest BCUT2D eigenvalue weighted by atomic mass is 10.1. The van der Waals surface area contributed by atoms with Crippen molar-refractivity contribution in [2.75, 3.05) is 13.2 Å². The van der Waals surface area contributed by atoms with Crippen LogP contribution in [0.25, 0.3) is 0 Å². The summed E-state index contributed by atoms with van der Waals surface area (Å²) < 4.78 is 5.62. The number of carbonyl (C=O) groups is 1. The number of nitrogens with one attached hydrogen (secondary N) is 1. The standard InChI is InChI=1S/C17H21N3O2/c1-2-3-12-22-15-6-4-14(5-7-15)8-9-20-17(21)16-13-18-10-11-19-16/h4-7,10-11,13H,2-3,8-9,12H2,1H3,(H,20,21). The average Bonchev–Trinajstić information content (AvgIpc) is 2.57. The monoisotopic (exact) mass is 299 g/mol. The van der Waals surface area contributed by atoms with Crippen molar-refractivity contribution in [2.24, 2.45) is 0 Å². The Morgan fingerprint density at radius 2 is 2.05 bits per heavy atom. The van der Waals surface area contributed by atoms with Crippen LogP contribution in [0.3, 0.4) is 0 Å². The number of aromatic nitrogens is 2. The quantitative estimate of drug-likeness (QED) is 0.761. The molecule has 1 N–H and O–H groups in total. The van der Waals surface area contributed by atoms with E-state index >= 15 is 0 Å². The van der Waals surface area contributed by atoms with Crippen molar-refractivity contribution in [3.8, 4) is 5.75 Å². The van der Waals surface area contributed by atoms with E-state index < -0.39 is 0 Å². The average molecular weight is 299 g/mol. The Bertz CT molecular complexity index is 570. The summed E-state index contributed by atoms with van der Waals surface area (Å²) in [5.41, 5.74) is 1.49. The summed E-state index contributed by atoms with van der Waals surface area (Å²) in [7, 11) is 0. The Kier molecular flexibility index (Phi) is 6.36. The first-order valence-electron chi connectivity index (χ1n) is 7.55. The van der Waals surface area contributed by atoms with Crippen LogP contribution in [0.1, 0.15) is 35.8 Å². The fraction of sp³-hybridized carbons (Fsp3) is 0.353. The summed E-state index contributed by atoms with van der Waals surface area (Å²) in [5.74, 6) is 0.688. The van der Waals surface area contributed by atoms with Gasteiger partial charge in [0.25, 0.3) is 5.91 Å². The van der Waals surface area contributed by atoms with Gasteiger partial charge in [-0.3, -0.25) is 9.78 Å². The van der Waals surface area contributed by atoms with Crippen molar-refractivity contribution >= 4 is 5.91 Å². The lowest BCUT2D eigenvalue weighted by Gasteiger charge is -2.07. The summed E-state index contributed by atoms with van der Waals surface area (Å²) in [6.07, 6.45) is 7.46. The molecule has 1 amide bonds. The van der Waals surface area contributed by atoms with Crippen molar-refractivity contribution < 1.29 is 9.53 Å². The second-order valence-corrected chi connectivity index (χ2v) is 4.94. The van der Waals surface area contributed by atoms with Crippen LogP contribution in [-0.2, 0) is 6.42 Å². The molecule has 2 aromatic rings. The first-order valence-corrected chi connectivity index (χ1v) is 7.55. The Balaban J connectivity index is 1.74. The molecule has 1 aromatic heterocycles. The number of nitrogens with zero attached hydrogens (tertiary/aromatic N) is 2. The van der Waals surface area contributed by atoms with Gasteiger partial charge in [0, 0.05) is 18.9 Å². The summed E-state index contributed by atoms with van der Waals surface area (Å²) in [5, 5.41) is 2.83. The van der Waals surface area contributed by atoms with E-state index in [4.69, 9.17) is 4.74 Å². The number of hydrogen-bond donors (Lipinski definition) is 1. The van der Waals surface area contributed by atoms with Crippen LogP contribution in [-0.4, -0.2) is 29.0 Å². The van der Waals surface area contributed by atoms with E-state index in [2.05, 4.69) is 22.2 Å². The highest BCUT2D eigenvalue weighted by Gasteiger charge is 2.05. The third kappa shape index (κ3) is 5.16. The number of hydrogen-bond acceptors (Lipinski definition) is 4. The Morgan fingerprint density at radius 1 is 1.23 bits per heavy atom. The number of rotatable bonds is 8. The molecule has 116 valence electrons. The van der Waals surface area contributed by atoms with Crippen molar-refractivity contribution in [1.82, 2.24) is 15.3 Å². The second kappa shape index (κ2) is 8.77. The Hall–Kier alpha value is -2.43. The zero-order chi connectivity index (χ0) is 15.6. The Morgan fingerprint density at radius 3 is 2.73 bits per heavy atom. The molecule has 0 aliphatic heterocycles. The largest absolute Gasteiger partial charge is 0.494 e. The van der Waals surface area contributed by atoms with Crippen LogP contribution in [0.4, 0.5) is 0 Å². The van der Waals surface area contributed by atoms with Gasteiger partial charge in [-0.15, -0.1) is 0 Å². The minimum Gasteiger partial charge on any atom is -0.494 e. The van der Waals surface area contributed by atoms with Gasteiger partial charge in [-0.2, -0.15) is 0 Å². The number of carbonyl (C=O) groups excluding carboxylic acids is 1. The smallest absolute Gasteiger partial charge is 0.271 e. The van der Waals surface area contributed by atoms with E-state index in [0.717, 1.165) is 37.2 Å². The molecular weight excluding hydrogens is 278 g/mol. The lowest BCUT2D eigenvalue weighted by molar-refractivity contribution is 0.0948. The highest BCUT2D eigenvalue weighted by Crippen LogP contribution is 2.12. The maximum atomic E-state index is 11.8. The van der Waals surface area contributed by atoms with E-state index in [1.54, 1.807) is 6.20 Å². The van der Waals surface area contributed by atoms with Gasteiger partial charge < -0.3 is 10.1 Å². The van der Waals surface area contributed by atoms with E-state index in [-0.39, 0.29) is 5.91 Å². The molecule has 0 saturated carbocycles. The molecule has 0 aliphatic carbocycles. The first kappa shape index (κ1) is 15.9. The van der Waals surface area contributed by atoms with Gasteiger partial charge in [0.2, 0.25) is 0 Å². The first-order chi connectivity index (χ1) is 10.8. The molecule has 0 spiro atoms. The zero-order valence-electron chi connectivity index (χ0n) is 12.8. The van der Waals surface area contributed by atoms with Crippen LogP contribution in [0.2, 0.25) is 0 Å². The van der Waals surface area contributed by atoms with Gasteiger partial charge in [0.1, 0.15) is 11.4 Å². The van der Waals surface area contributed by atoms with E-state index in [0.29, 0.717) is 12.2 Å². The van der Waals surface area contributed by atoms with Crippen LogP contribution < -0.4 is 10.1 Å². The van der Waals surface area contributed by atoms with Crippen LogP contribution in [0.5, 0.6) is 5.75 Å². The lowest BCUT2D eigenvalue weighted by Crippen LogP contribution is -2.26. The van der Waals surface area contributed by atoms with E-state index in [1.807, 2.05) is 24.3 Å². The maximum absolute atomic E-state index is 11.8. The second-order valence-electron chi connectivity index (χ2n) is 4.94. The third-order valence-corrected chi connectivity index (χ3v) is 3.19. The number of benzene rings is 1. The summed E-state index contributed by atoms with van der Waals surface area (Å²) in [6, 6.07) is 7.98. The molecule has 5 nitrogen and oxygen atoms in total. The molecule has 5 heteroatoms. The number of amides is 1. The van der Waals surface area contributed by atoms with Gasteiger partial charge >= 0.3 is 0 Å². The summed E-state index contributed by atoms with van der Waals surface area (Å²) in [4.78, 5) is 19.6. The Labute approximate surface area is 130 Å². The SMILES string of the molecule is CCCCOc1ccc(CCNC(=O)c2cnccn2)cc1. The van der Waals surface area contributed by atoms with Crippen molar-refractivity contribution in [3.63, 3.8) is 0 Å². The molecule has 2 rings (SSSR count). The van der Waals surface area contributed by atoms with E-state index in [9.17, 15) is 4.79 Å². The van der Waals surface area contributed by atoms with Crippen LogP contribution >= 0.6 is 0 Å². The molecule has 0 atom stereocenters. The fourth-order valence-electron chi connectivity index (χ4n) is 1.91. The summed E-state index contributed by atoms with van der Waals surface area (Å²) >= 11 is 0. The van der Waals surface area contributed by atoms with Crippen LogP contribution in [0, 0.1) is 0 Å². The van der Waals surface area contributed by atoms with Gasteiger partial charge in [0.05, 0.1) is 12.8 Å². The molecule has 0 fully saturated rings. The van der Waals surface area contributed by atoms with Crippen molar-refractivity contribution in [2.45, 2.75) is 26.2 Å². The third-order valence-electron chi connectivity index (χ3n) is 3.19. The minimum atomic E-state index is -0.201. The molecule has 22 heavy (non-hydrogen) atoms. The molecule has 0 bridgehead atoms. The van der Waals surface area contributed by atoms with Gasteiger partial charge in [-0.05, 0) is 30.5 Å². The van der Waals surface area contributed by atoms with Crippen LogP contribution in [0.15, 0.2) is 42.9 Å². The topological polar surface area (TPSA) is 64.1 Å². The van der Waals surface area contributed by atoms with Gasteiger partial charge in [0.15, 0.2) is 0 Å².